The molecule has 20 heavy (non-hydrogen) atoms. The summed E-state index contributed by atoms with van der Waals surface area (Å²) in [4.78, 5) is 25.1. The molecular formula is C16H18O4. The molecule has 0 N–H and O–H groups in total. The Balaban J connectivity index is 2.70. The van der Waals surface area contributed by atoms with Gasteiger partial charge in [-0.05, 0) is 18.6 Å². The van der Waals surface area contributed by atoms with Crippen molar-refractivity contribution in [2.24, 2.45) is 5.41 Å². The third kappa shape index (κ3) is 1.60. The van der Waals surface area contributed by atoms with Crippen LogP contribution in [0.1, 0.15) is 29.8 Å². The highest BCUT2D eigenvalue weighted by atomic mass is 16.6. The van der Waals surface area contributed by atoms with Gasteiger partial charge in [0, 0.05) is 5.41 Å². The number of benzene rings is 1. The fourth-order valence-corrected chi connectivity index (χ4v) is 2.46. The number of esters is 1. The van der Waals surface area contributed by atoms with Crippen LogP contribution >= 0.6 is 0 Å². The molecule has 2 rings (SSSR count). The van der Waals surface area contributed by atoms with Crippen LogP contribution in [0.4, 0.5) is 0 Å². The second-order valence-corrected chi connectivity index (χ2v) is 5.48. The van der Waals surface area contributed by atoms with E-state index in [9.17, 15) is 9.59 Å². The molecule has 1 aromatic carbocycles. The highest BCUT2D eigenvalue weighted by molar-refractivity contribution is 6.20. The smallest absolute Gasteiger partial charge is 0.359 e. The molecule has 0 amide bonds. The highest BCUT2D eigenvalue weighted by Crippen LogP contribution is 2.47. The van der Waals surface area contributed by atoms with E-state index in [1.54, 1.807) is 32.1 Å². The number of fused-ring (bicyclic) bond motifs is 1. The lowest BCUT2D eigenvalue weighted by molar-refractivity contribution is -0.160. The fraction of sp³-hybridized carbons (Fsp3) is 0.375. The van der Waals surface area contributed by atoms with E-state index in [1.165, 1.54) is 7.11 Å². The number of methoxy groups -OCH3 is 1. The lowest BCUT2D eigenvalue weighted by atomic mass is 9.71. The minimum absolute atomic E-state index is 0.382. The lowest BCUT2D eigenvalue weighted by Gasteiger charge is -2.36. The number of carbonyl (C=O) groups is 2. The average Bonchev–Trinajstić information content (AvgIpc) is 2.75. The Labute approximate surface area is 118 Å². The van der Waals surface area contributed by atoms with E-state index in [0.29, 0.717) is 11.3 Å². The molecule has 0 radical (unpaired) electrons. The van der Waals surface area contributed by atoms with Gasteiger partial charge in [0.2, 0.25) is 5.78 Å². The third-order valence-corrected chi connectivity index (χ3v) is 3.92. The molecule has 0 spiro atoms. The standard InChI is InChI=1S/C16H18O4/c1-6-15(3,4)16(14(18)19-5)13(17)11-9-7-8-10(2)12(11)20-16/h6-9H,1H2,2-5H3/t16-/m1/s1. The summed E-state index contributed by atoms with van der Waals surface area (Å²) in [5.41, 5.74) is -1.40. The molecule has 1 heterocycles. The summed E-state index contributed by atoms with van der Waals surface area (Å²) >= 11 is 0. The van der Waals surface area contributed by atoms with Gasteiger partial charge in [-0.25, -0.2) is 4.79 Å². The SMILES string of the molecule is C=CC(C)(C)[C@@]1(C(=O)OC)Oc2c(C)cccc2C1=O. The number of para-hydroxylation sites is 1. The molecule has 1 aliphatic rings. The zero-order chi connectivity index (χ0) is 15.1. The molecule has 1 aromatic rings. The number of hydrogen-bond donors (Lipinski definition) is 0. The summed E-state index contributed by atoms with van der Waals surface area (Å²) in [6.45, 7) is 9.02. The maximum Gasteiger partial charge on any atom is 0.359 e. The number of hydrogen-bond acceptors (Lipinski definition) is 4. The van der Waals surface area contributed by atoms with Gasteiger partial charge in [0.05, 0.1) is 12.7 Å². The molecule has 106 valence electrons. The first-order valence-electron chi connectivity index (χ1n) is 6.37. The van der Waals surface area contributed by atoms with E-state index in [4.69, 9.17) is 9.47 Å². The zero-order valence-corrected chi connectivity index (χ0v) is 12.1. The second-order valence-electron chi connectivity index (χ2n) is 5.48. The summed E-state index contributed by atoms with van der Waals surface area (Å²) in [5.74, 6) is -0.645. The third-order valence-electron chi connectivity index (χ3n) is 3.92. The van der Waals surface area contributed by atoms with Gasteiger partial charge in [-0.3, -0.25) is 4.79 Å². The van der Waals surface area contributed by atoms with Crippen molar-refractivity contribution in [1.29, 1.82) is 0 Å². The van der Waals surface area contributed by atoms with Crippen molar-refractivity contribution >= 4 is 11.8 Å². The maximum absolute atomic E-state index is 12.8. The molecule has 0 saturated carbocycles. The van der Waals surface area contributed by atoms with Gasteiger partial charge in [0.25, 0.3) is 5.60 Å². The van der Waals surface area contributed by atoms with Crippen molar-refractivity contribution in [3.8, 4) is 5.75 Å². The normalized spacial score (nSPS) is 21.1. The molecule has 0 unspecified atom stereocenters. The Morgan fingerprint density at radius 2 is 2.10 bits per heavy atom. The van der Waals surface area contributed by atoms with Crippen molar-refractivity contribution in [3.05, 3.63) is 42.0 Å². The minimum atomic E-state index is -1.71. The van der Waals surface area contributed by atoms with Gasteiger partial charge < -0.3 is 9.47 Å². The van der Waals surface area contributed by atoms with Gasteiger partial charge >= 0.3 is 5.97 Å². The van der Waals surface area contributed by atoms with Crippen molar-refractivity contribution < 1.29 is 19.1 Å². The van der Waals surface area contributed by atoms with Gasteiger partial charge in [0.1, 0.15) is 5.75 Å². The Bertz CT molecular complexity index is 600. The lowest BCUT2D eigenvalue weighted by Crippen LogP contribution is -2.58. The van der Waals surface area contributed by atoms with E-state index < -0.39 is 17.0 Å². The average molecular weight is 274 g/mol. The largest absolute Gasteiger partial charge is 0.466 e. The Hall–Kier alpha value is -2.10. The van der Waals surface area contributed by atoms with Crippen LogP contribution in [-0.4, -0.2) is 24.5 Å². The van der Waals surface area contributed by atoms with Crippen LogP contribution in [0, 0.1) is 12.3 Å². The van der Waals surface area contributed by atoms with Crippen molar-refractivity contribution in [3.63, 3.8) is 0 Å². The second kappa shape index (κ2) is 4.47. The van der Waals surface area contributed by atoms with Gasteiger partial charge in [-0.1, -0.05) is 32.1 Å². The van der Waals surface area contributed by atoms with Crippen LogP contribution in [0.15, 0.2) is 30.9 Å². The molecule has 0 aromatic heterocycles. The molecule has 4 heteroatoms. The zero-order valence-electron chi connectivity index (χ0n) is 12.1. The van der Waals surface area contributed by atoms with Crippen LogP contribution in [-0.2, 0) is 9.53 Å². The summed E-state index contributed by atoms with van der Waals surface area (Å²) in [7, 11) is 1.25. The van der Waals surface area contributed by atoms with Gasteiger partial charge in [-0.2, -0.15) is 0 Å². The van der Waals surface area contributed by atoms with E-state index in [2.05, 4.69) is 6.58 Å². The molecule has 1 atom stereocenters. The molecule has 1 aliphatic heterocycles. The molecule has 0 saturated heterocycles. The van der Waals surface area contributed by atoms with Crippen molar-refractivity contribution in [1.82, 2.24) is 0 Å². The molecule has 0 bridgehead atoms. The summed E-state index contributed by atoms with van der Waals surface area (Å²) < 4.78 is 10.7. The number of aryl methyl sites for hydroxylation is 1. The highest BCUT2D eigenvalue weighted by Gasteiger charge is 2.63. The summed E-state index contributed by atoms with van der Waals surface area (Å²) in [6, 6.07) is 5.26. The Kier molecular flexibility index (Phi) is 3.20. The van der Waals surface area contributed by atoms with Gasteiger partial charge in [0.15, 0.2) is 0 Å². The van der Waals surface area contributed by atoms with Crippen molar-refractivity contribution in [2.75, 3.05) is 7.11 Å². The van der Waals surface area contributed by atoms with E-state index in [1.807, 2.05) is 13.0 Å². The first-order chi connectivity index (χ1) is 9.31. The predicted molar refractivity (Wildman–Crippen MR) is 74.9 cm³/mol. The van der Waals surface area contributed by atoms with Crippen LogP contribution in [0.2, 0.25) is 0 Å². The monoisotopic (exact) mass is 274 g/mol. The van der Waals surface area contributed by atoms with Crippen LogP contribution in [0.25, 0.3) is 0 Å². The number of ether oxygens (including phenoxy) is 2. The van der Waals surface area contributed by atoms with Crippen LogP contribution < -0.4 is 4.74 Å². The van der Waals surface area contributed by atoms with E-state index >= 15 is 0 Å². The summed E-state index contributed by atoms with van der Waals surface area (Å²) in [5, 5.41) is 0. The first kappa shape index (κ1) is 14.3. The van der Waals surface area contributed by atoms with Crippen LogP contribution in [0.5, 0.6) is 5.75 Å². The maximum atomic E-state index is 12.8. The van der Waals surface area contributed by atoms with Crippen molar-refractivity contribution in [2.45, 2.75) is 26.4 Å². The predicted octanol–water partition coefficient (Wildman–Crippen LogP) is 2.69. The topological polar surface area (TPSA) is 52.6 Å². The van der Waals surface area contributed by atoms with E-state index in [-0.39, 0.29) is 5.78 Å². The number of rotatable bonds is 3. The Morgan fingerprint density at radius 3 is 2.60 bits per heavy atom. The van der Waals surface area contributed by atoms with E-state index in [0.717, 1.165) is 5.56 Å². The minimum Gasteiger partial charge on any atom is -0.466 e. The molecule has 4 nitrogen and oxygen atoms in total. The first-order valence-corrected chi connectivity index (χ1v) is 6.37. The number of Topliss-reactive ketones (excluding diaryl/α,β-unsaturated/α-hetero) is 1. The summed E-state index contributed by atoms with van der Waals surface area (Å²) in [6.07, 6.45) is 1.54. The molecule has 0 fully saturated rings. The van der Waals surface area contributed by atoms with Gasteiger partial charge in [-0.15, -0.1) is 6.58 Å². The molecule has 0 aliphatic carbocycles. The van der Waals surface area contributed by atoms with Crippen LogP contribution in [0.3, 0.4) is 0 Å². The molecular weight excluding hydrogens is 256 g/mol. The number of carbonyl (C=O) groups excluding carboxylic acids is 2. The Morgan fingerprint density at radius 1 is 1.45 bits per heavy atom. The number of ketones is 1. The quantitative estimate of drug-likeness (QED) is 0.483. The fourth-order valence-electron chi connectivity index (χ4n) is 2.46.